The Morgan fingerprint density at radius 2 is 2.06 bits per heavy atom. The van der Waals surface area contributed by atoms with E-state index in [2.05, 4.69) is 42.6 Å². The molecule has 0 saturated heterocycles. The zero-order chi connectivity index (χ0) is 12.6. The summed E-state index contributed by atoms with van der Waals surface area (Å²) in [5.41, 5.74) is 1.46. The van der Waals surface area contributed by atoms with E-state index in [1.807, 2.05) is 0 Å². The molecule has 2 rings (SSSR count). The van der Waals surface area contributed by atoms with E-state index in [9.17, 15) is 0 Å². The molecule has 100 valence electrons. The van der Waals surface area contributed by atoms with Crippen LogP contribution in [0.1, 0.15) is 44.1 Å². The molecular weight excluding hydrogens is 222 g/mol. The van der Waals surface area contributed by atoms with Gasteiger partial charge in [0.1, 0.15) is 0 Å². The first-order chi connectivity index (χ1) is 8.90. The quantitative estimate of drug-likeness (QED) is 0.676. The van der Waals surface area contributed by atoms with Crippen LogP contribution in [0.5, 0.6) is 0 Å². The molecule has 0 aromatic heterocycles. The lowest BCUT2D eigenvalue weighted by Crippen LogP contribution is -2.23. The van der Waals surface area contributed by atoms with Gasteiger partial charge in [-0.05, 0) is 44.1 Å². The minimum atomic E-state index is 0.632. The van der Waals surface area contributed by atoms with Crippen molar-refractivity contribution >= 4 is 0 Å². The van der Waals surface area contributed by atoms with Crippen LogP contribution in [-0.2, 0) is 4.74 Å². The molecule has 1 N–H and O–H groups in total. The summed E-state index contributed by atoms with van der Waals surface area (Å²) < 4.78 is 5.44. The highest BCUT2D eigenvalue weighted by molar-refractivity contribution is 5.20. The number of ether oxygens (including phenoxy) is 1. The monoisotopic (exact) mass is 247 g/mol. The van der Waals surface area contributed by atoms with E-state index >= 15 is 0 Å². The summed E-state index contributed by atoms with van der Waals surface area (Å²) in [6.45, 7) is 4.89. The van der Waals surface area contributed by atoms with E-state index in [1.54, 1.807) is 0 Å². The van der Waals surface area contributed by atoms with Crippen molar-refractivity contribution in [1.82, 2.24) is 5.32 Å². The Labute approximate surface area is 111 Å². The third-order valence-corrected chi connectivity index (χ3v) is 3.55. The van der Waals surface area contributed by atoms with Crippen molar-refractivity contribution < 1.29 is 4.74 Å². The first-order valence-corrected chi connectivity index (χ1v) is 7.26. The van der Waals surface area contributed by atoms with Gasteiger partial charge in [-0.2, -0.15) is 0 Å². The maximum absolute atomic E-state index is 5.44. The van der Waals surface area contributed by atoms with E-state index in [0.29, 0.717) is 5.92 Å². The summed E-state index contributed by atoms with van der Waals surface area (Å²) in [5.74, 6) is 0.632. The molecule has 1 atom stereocenters. The third-order valence-electron chi connectivity index (χ3n) is 3.55. The van der Waals surface area contributed by atoms with Gasteiger partial charge in [0, 0.05) is 25.8 Å². The zero-order valence-electron chi connectivity index (χ0n) is 11.4. The fourth-order valence-electron chi connectivity index (χ4n) is 2.28. The van der Waals surface area contributed by atoms with Crippen LogP contribution in [0, 0.1) is 0 Å². The molecule has 1 aliphatic rings. The van der Waals surface area contributed by atoms with Crippen molar-refractivity contribution in [3.8, 4) is 0 Å². The standard InChI is InChI=1S/C16H25NO/c1-2-18-12-6-9-15(13-17-16-10-11-16)14-7-4-3-5-8-14/h3-5,7-8,15-17H,2,6,9-13H2,1H3. The highest BCUT2D eigenvalue weighted by Gasteiger charge is 2.22. The molecule has 0 radical (unpaired) electrons. The van der Waals surface area contributed by atoms with Gasteiger partial charge in [-0.3, -0.25) is 0 Å². The number of nitrogens with one attached hydrogen (secondary N) is 1. The molecule has 1 fully saturated rings. The Bertz CT molecular complexity index is 321. The summed E-state index contributed by atoms with van der Waals surface area (Å²) in [7, 11) is 0. The van der Waals surface area contributed by atoms with E-state index in [0.717, 1.165) is 32.2 Å². The second-order valence-corrected chi connectivity index (χ2v) is 5.13. The highest BCUT2D eigenvalue weighted by Crippen LogP contribution is 2.24. The summed E-state index contributed by atoms with van der Waals surface area (Å²) in [6.07, 6.45) is 5.09. The SMILES string of the molecule is CCOCCCC(CNC1CC1)c1ccccc1. The predicted molar refractivity (Wildman–Crippen MR) is 75.9 cm³/mol. The molecule has 0 spiro atoms. The molecule has 1 aromatic rings. The Balaban J connectivity index is 1.81. The first kappa shape index (κ1) is 13.6. The van der Waals surface area contributed by atoms with Crippen molar-refractivity contribution in [2.45, 2.75) is 44.6 Å². The number of rotatable bonds is 9. The average molecular weight is 247 g/mol. The van der Waals surface area contributed by atoms with Crippen LogP contribution in [-0.4, -0.2) is 25.8 Å². The van der Waals surface area contributed by atoms with Crippen LogP contribution >= 0.6 is 0 Å². The van der Waals surface area contributed by atoms with Gasteiger partial charge in [0.05, 0.1) is 0 Å². The largest absolute Gasteiger partial charge is 0.382 e. The van der Waals surface area contributed by atoms with Gasteiger partial charge in [-0.25, -0.2) is 0 Å². The molecule has 0 amide bonds. The van der Waals surface area contributed by atoms with E-state index in [-0.39, 0.29) is 0 Å². The van der Waals surface area contributed by atoms with E-state index in [1.165, 1.54) is 24.8 Å². The zero-order valence-corrected chi connectivity index (χ0v) is 11.4. The Morgan fingerprint density at radius 3 is 2.72 bits per heavy atom. The lowest BCUT2D eigenvalue weighted by atomic mass is 9.94. The summed E-state index contributed by atoms with van der Waals surface area (Å²) >= 11 is 0. The van der Waals surface area contributed by atoms with Crippen LogP contribution in [0.2, 0.25) is 0 Å². The minimum absolute atomic E-state index is 0.632. The molecule has 1 saturated carbocycles. The minimum Gasteiger partial charge on any atom is -0.382 e. The first-order valence-electron chi connectivity index (χ1n) is 7.26. The van der Waals surface area contributed by atoms with Crippen molar-refractivity contribution in [2.75, 3.05) is 19.8 Å². The van der Waals surface area contributed by atoms with Crippen LogP contribution in [0.3, 0.4) is 0 Å². The van der Waals surface area contributed by atoms with Crippen LogP contribution < -0.4 is 5.32 Å². The predicted octanol–water partition coefficient (Wildman–Crippen LogP) is 3.34. The van der Waals surface area contributed by atoms with Crippen molar-refractivity contribution in [3.05, 3.63) is 35.9 Å². The Morgan fingerprint density at radius 1 is 1.28 bits per heavy atom. The molecule has 0 aliphatic heterocycles. The highest BCUT2D eigenvalue weighted by atomic mass is 16.5. The molecule has 1 aromatic carbocycles. The Hall–Kier alpha value is -0.860. The van der Waals surface area contributed by atoms with Crippen LogP contribution in [0.25, 0.3) is 0 Å². The van der Waals surface area contributed by atoms with Crippen LogP contribution in [0.15, 0.2) is 30.3 Å². The molecular formula is C16H25NO. The van der Waals surface area contributed by atoms with Crippen LogP contribution in [0.4, 0.5) is 0 Å². The van der Waals surface area contributed by atoms with Crippen molar-refractivity contribution in [1.29, 1.82) is 0 Å². The summed E-state index contributed by atoms with van der Waals surface area (Å²) in [4.78, 5) is 0. The second-order valence-electron chi connectivity index (χ2n) is 5.13. The van der Waals surface area contributed by atoms with Gasteiger partial charge in [0.15, 0.2) is 0 Å². The molecule has 0 heterocycles. The molecule has 1 aliphatic carbocycles. The van der Waals surface area contributed by atoms with Gasteiger partial charge in [-0.15, -0.1) is 0 Å². The van der Waals surface area contributed by atoms with Gasteiger partial charge in [0.2, 0.25) is 0 Å². The lowest BCUT2D eigenvalue weighted by molar-refractivity contribution is 0.141. The smallest absolute Gasteiger partial charge is 0.0466 e. The van der Waals surface area contributed by atoms with E-state index in [4.69, 9.17) is 4.74 Å². The van der Waals surface area contributed by atoms with Gasteiger partial charge >= 0.3 is 0 Å². The number of hydrogen-bond donors (Lipinski definition) is 1. The number of benzene rings is 1. The Kier molecular flexibility index (Phi) is 5.69. The fraction of sp³-hybridized carbons (Fsp3) is 0.625. The van der Waals surface area contributed by atoms with Crippen molar-refractivity contribution in [2.24, 2.45) is 0 Å². The van der Waals surface area contributed by atoms with E-state index < -0.39 is 0 Å². The molecule has 2 nitrogen and oxygen atoms in total. The fourth-order valence-corrected chi connectivity index (χ4v) is 2.28. The topological polar surface area (TPSA) is 21.3 Å². The maximum Gasteiger partial charge on any atom is 0.0466 e. The lowest BCUT2D eigenvalue weighted by Gasteiger charge is -2.18. The maximum atomic E-state index is 5.44. The normalized spacial score (nSPS) is 16.7. The molecule has 2 heteroatoms. The van der Waals surface area contributed by atoms with Gasteiger partial charge in [0.25, 0.3) is 0 Å². The number of hydrogen-bond acceptors (Lipinski definition) is 2. The second kappa shape index (κ2) is 7.55. The third kappa shape index (κ3) is 4.79. The van der Waals surface area contributed by atoms with Gasteiger partial charge in [-0.1, -0.05) is 30.3 Å². The average Bonchev–Trinajstić information content (AvgIpc) is 3.23. The van der Waals surface area contributed by atoms with Gasteiger partial charge < -0.3 is 10.1 Å². The summed E-state index contributed by atoms with van der Waals surface area (Å²) in [5, 5.41) is 3.66. The molecule has 18 heavy (non-hydrogen) atoms. The van der Waals surface area contributed by atoms with Crippen molar-refractivity contribution in [3.63, 3.8) is 0 Å². The summed E-state index contributed by atoms with van der Waals surface area (Å²) in [6, 6.07) is 11.7. The molecule has 1 unspecified atom stereocenters. The molecule has 0 bridgehead atoms.